The lowest BCUT2D eigenvalue weighted by Gasteiger charge is -2.35. The van der Waals surface area contributed by atoms with Gasteiger partial charge in [-0.25, -0.2) is 0 Å². The summed E-state index contributed by atoms with van der Waals surface area (Å²) < 4.78 is 0. The first-order chi connectivity index (χ1) is 5.74. The molecule has 3 nitrogen and oxygen atoms in total. The van der Waals surface area contributed by atoms with Crippen molar-refractivity contribution in [1.82, 2.24) is 9.80 Å². The zero-order valence-electron chi connectivity index (χ0n) is 8.29. The Hall–Kier alpha value is -0.120. The van der Waals surface area contributed by atoms with E-state index >= 15 is 0 Å². The lowest BCUT2D eigenvalue weighted by molar-refractivity contribution is 0.136. The van der Waals surface area contributed by atoms with E-state index in [1.54, 1.807) is 0 Å². The van der Waals surface area contributed by atoms with Gasteiger partial charge >= 0.3 is 0 Å². The van der Waals surface area contributed by atoms with Crippen molar-refractivity contribution in [2.45, 2.75) is 18.9 Å². The molecule has 0 aliphatic carbocycles. The third-order valence-electron chi connectivity index (χ3n) is 2.66. The second kappa shape index (κ2) is 4.80. The van der Waals surface area contributed by atoms with Crippen molar-refractivity contribution in [3.8, 4) is 0 Å². The summed E-state index contributed by atoms with van der Waals surface area (Å²) in [6, 6.07) is 0.741. The average Bonchev–Trinajstić information content (AvgIpc) is 2.05. The third kappa shape index (κ3) is 2.73. The number of hydrogen-bond donors (Lipinski definition) is 1. The van der Waals surface area contributed by atoms with Crippen molar-refractivity contribution in [3.05, 3.63) is 0 Å². The van der Waals surface area contributed by atoms with E-state index in [9.17, 15) is 0 Å². The highest BCUT2D eigenvalue weighted by Gasteiger charge is 2.20. The number of rotatable bonds is 3. The Bertz CT molecular complexity index is 123. The monoisotopic (exact) mass is 171 g/mol. The summed E-state index contributed by atoms with van der Waals surface area (Å²) >= 11 is 0. The zero-order chi connectivity index (χ0) is 8.97. The molecule has 1 aliphatic heterocycles. The van der Waals surface area contributed by atoms with Gasteiger partial charge in [0, 0.05) is 25.7 Å². The molecule has 0 aromatic carbocycles. The number of nitrogens with zero attached hydrogens (tertiary/aromatic N) is 2. The molecule has 1 saturated heterocycles. The molecule has 0 aromatic rings. The molecule has 72 valence electrons. The van der Waals surface area contributed by atoms with Gasteiger partial charge in [-0.3, -0.25) is 0 Å². The molecule has 3 heteroatoms. The standard InChI is InChI=1S/C9H21N3/c1-11(2)9-4-3-6-12(8-9)7-5-10/h9H,3-8,10H2,1-2H3/t9-/m1/s1. The zero-order valence-corrected chi connectivity index (χ0v) is 8.29. The van der Waals surface area contributed by atoms with Gasteiger partial charge in [0.1, 0.15) is 0 Å². The maximum atomic E-state index is 5.53. The van der Waals surface area contributed by atoms with E-state index in [-0.39, 0.29) is 0 Å². The minimum absolute atomic E-state index is 0.741. The molecule has 2 N–H and O–H groups in total. The van der Waals surface area contributed by atoms with Crippen LogP contribution in [0.2, 0.25) is 0 Å². The fourth-order valence-corrected chi connectivity index (χ4v) is 1.84. The van der Waals surface area contributed by atoms with Crippen LogP contribution in [0.25, 0.3) is 0 Å². The lowest BCUT2D eigenvalue weighted by Crippen LogP contribution is -2.46. The summed E-state index contributed by atoms with van der Waals surface area (Å²) in [5.74, 6) is 0. The SMILES string of the molecule is CN(C)[C@@H]1CCCN(CCN)C1. The summed E-state index contributed by atoms with van der Waals surface area (Å²) in [4.78, 5) is 4.79. The second-order valence-corrected chi connectivity index (χ2v) is 3.85. The van der Waals surface area contributed by atoms with Gasteiger partial charge in [-0.2, -0.15) is 0 Å². The molecule has 12 heavy (non-hydrogen) atoms. The number of nitrogens with two attached hydrogens (primary N) is 1. The maximum absolute atomic E-state index is 5.53. The van der Waals surface area contributed by atoms with Crippen molar-refractivity contribution in [3.63, 3.8) is 0 Å². The van der Waals surface area contributed by atoms with Crippen LogP contribution in [0.1, 0.15) is 12.8 Å². The third-order valence-corrected chi connectivity index (χ3v) is 2.66. The Balaban J connectivity index is 2.30. The topological polar surface area (TPSA) is 32.5 Å². The second-order valence-electron chi connectivity index (χ2n) is 3.85. The van der Waals surface area contributed by atoms with E-state index in [1.807, 2.05) is 0 Å². The molecular weight excluding hydrogens is 150 g/mol. The van der Waals surface area contributed by atoms with Crippen LogP contribution >= 0.6 is 0 Å². The van der Waals surface area contributed by atoms with Crippen molar-refractivity contribution < 1.29 is 0 Å². The van der Waals surface area contributed by atoms with Crippen molar-refractivity contribution in [1.29, 1.82) is 0 Å². The van der Waals surface area contributed by atoms with E-state index in [1.165, 1.54) is 25.9 Å². The van der Waals surface area contributed by atoms with E-state index in [4.69, 9.17) is 5.73 Å². The molecule has 1 atom stereocenters. The molecule has 0 unspecified atom stereocenters. The first-order valence-corrected chi connectivity index (χ1v) is 4.83. The quantitative estimate of drug-likeness (QED) is 0.647. The summed E-state index contributed by atoms with van der Waals surface area (Å²) in [6.07, 6.45) is 2.66. The number of likely N-dealkylation sites (N-methyl/N-ethyl adjacent to an activating group) is 1. The minimum Gasteiger partial charge on any atom is -0.329 e. The van der Waals surface area contributed by atoms with Crippen LogP contribution in [0.3, 0.4) is 0 Å². The Morgan fingerprint density at radius 2 is 2.25 bits per heavy atom. The molecule has 1 fully saturated rings. The number of likely N-dealkylation sites (tertiary alicyclic amines) is 1. The van der Waals surface area contributed by atoms with Crippen LogP contribution in [-0.2, 0) is 0 Å². The van der Waals surface area contributed by atoms with Crippen LogP contribution in [0.4, 0.5) is 0 Å². The molecule has 0 radical (unpaired) electrons. The van der Waals surface area contributed by atoms with E-state index in [0.29, 0.717) is 0 Å². The lowest BCUT2D eigenvalue weighted by atomic mass is 10.1. The van der Waals surface area contributed by atoms with Gasteiger partial charge in [-0.15, -0.1) is 0 Å². The molecular formula is C9H21N3. The molecule has 0 aromatic heterocycles. The Kier molecular flexibility index (Phi) is 3.98. The highest BCUT2D eigenvalue weighted by Crippen LogP contribution is 2.12. The average molecular weight is 171 g/mol. The largest absolute Gasteiger partial charge is 0.329 e. The molecule has 1 rings (SSSR count). The van der Waals surface area contributed by atoms with Crippen LogP contribution in [0.15, 0.2) is 0 Å². The predicted octanol–water partition coefficient (Wildman–Crippen LogP) is -0.0289. The highest BCUT2D eigenvalue weighted by atomic mass is 15.2. The van der Waals surface area contributed by atoms with Gasteiger partial charge in [0.2, 0.25) is 0 Å². The van der Waals surface area contributed by atoms with Gasteiger partial charge in [0.25, 0.3) is 0 Å². The number of hydrogen-bond acceptors (Lipinski definition) is 3. The smallest absolute Gasteiger partial charge is 0.0217 e. The fraction of sp³-hybridized carbons (Fsp3) is 1.00. The molecule has 0 saturated carbocycles. The van der Waals surface area contributed by atoms with Gasteiger partial charge in [0.15, 0.2) is 0 Å². The fourth-order valence-electron chi connectivity index (χ4n) is 1.84. The van der Waals surface area contributed by atoms with Gasteiger partial charge in [-0.1, -0.05) is 0 Å². The number of piperidine rings is 1. The summed E-state index contributed by atoms with van der Waals surface area (Å²) in [5.41, 5.74) is 5.53. The summed E-state index contributed by atoms with van der Waals surface area (Å²) in [6.45, 7) is 4.29. The van der Waals surface area contributed by atoms with E-state index < -0.39 is 0 Å². The van der Waals surface area contributed by atoms with Gasteiger partial charge in [0.05, 0.1) is 0 Å². The van der Waals surface area contributed by atoms with Gasteiger partial charge in [-0.05, 0) is 33.5 Å². The molecule has 1 heterocycles. The maximum Gasteiger partial charge on any atom is 0.0217 e. The molecule has 1 aliphatic rings. The molecule has 0 bridgehead atoms. The van der Waals surface area contributed by atoms with Crippen molar-refractivity contribution in [2.75, 3.05) is 40.3 Å². The predicted molar refractivity (Wildman–Crippen MR) is 52.2 cm³/mol. The van der Waals surface area contributed by atoms with Gasteiger partial charge < -0.3 is 15.5 Å². The van der Waals surface area contributed by atoms with Crippen LogP contribution in [0, 0.1) is 0 Å². The molecule has 0 amide bonds. The van der Waals surface area contributed by atoms with Crippen molar-refractivity contribution >= 4 is 0 Å². The van der Waals surface area contributed by atoms with Crippen LogP contribution in [0.5, 0.6) is 0 Å². The normalized spacial score (nSPS) is 26.5. The molecule has 0 spiro atoms. The van der Waals surface area contributed by atoms with Crippen LogP contribution in [-0.4, -0.2) is 56.1 Å². The van der Waals surface area contributed by atoms with Crippen LogP contribution < -0.4 is 5.73 Å². The first-order valence-electron chi connectivity index (χ1n) is 4.83. The van der Waals surface area contributed by atoms with E-state index in [0.717, 1.165) is 19.1 Å². The Morgan fingerprint density at radius 3 is 2.83 bits per heavy atom. The summed E-state index contributed by atoms with van der Waals surface area (Å²) in [5, 5.41) is 0. The van der Waals surface area contributed by atoms with E-state index in [2.05, 4.69) is 23.9 Å². The Labute approximate surface area is 75.5 Å². The van der Waals surface area contributed by atoms with Crippen molar-refractivity contribution in [2.24, 2.45) is 5.73 Å². The Morgan fingerprint density at radius 1 is 1.50 bits per heavy atom. The first kappa shape index (κ1) is 9.96. The minimum atomic E-state index is 0.741. The highest BCUT2D eigenvalue weighted by molar-refractivity contribution is 4.77. The summed E-state index contributed by atoms with van der Waals surface area (Å²) in [7, 11) is 4.33.